The van der Waals surface area contributed by atoms with Gasteiger partial charge in [0.25, 0.3) is 5.91 Å². The molecular formula is C14H17FN2O3. The molecule has 0 bridgehead atoms. The van der Waals surface area contributed by atoms with Crippen molar-refractivity contribution >= 4 is 11.8 Å². The minimum atomic E-state index is -0.645. The number of carbonyl (C=O) groups excluding carboxylic acids is 2. The number of nitrogens with one attached hydrogen (secondary N) is 1. The van der Waals surface area contributed by atoms with Gasteiger partial charge in [0.1, 0.15) is 11.6 Å². The smallest absolute Gasteiger partial charge is 0.257 e. The molecule has 108 valence electrons. The average Bonchev–Trinajstić information content (AvgIpc) is 2.83. The molecule has 1 aliphatic heterocycles. The molecule has 2 N–H and O–H groups in total. The third kappa shape index (κ3) is 2.45. The van der Waals surface area contributed by atoms with Crippen LogP contribution in [0.3, 0.4) is 0 Å². The third-order valence-corrected chi connectivity index (χ3v) is 3.72. The van der Waals surface area contributed by atoms with Crippen LogP contribution in [0, 0.1) is 11.2 Å². The highest BCUT2D eigenvalue weighted by atomic mass is 19.1. The van der Waals surface area contributed by atoms with E-state index < -0.39 is 17.1 Å². The lowest BCUT2D eigenvalue weighted by Gasteiger charge is -2.23. The molecule has 1 aromatic carbocycles. The fraction of sp³-hybridized carbons (Fsp3) is 0.429. The zero-order valence-corrected chi connectivity index (χ0v) is 11.4. The van der Waals surface area contributed by atoms with Crippen molar-refractivity contribution in [3.8, 4) is 5.75 Å². The second-order valence-corrected chi connectivity index (χ2v) is 5.28. The molecule has 0 saturated carbocycles. The maximum Gasteiger partial charge on any atom is 0.257 e. The number of amides is 2. The van der Waals surface area contributed by atoms with Gasteiger partial charge in [0, 0.05) is 20.1 Å². The van der Waals surface area contributed by atoms with E-state index in [-0.39, 0.29) is 23.8 Å². The Morgan fingerprint density at radius 3 is 2.80 bits per heavy atom. The molecular weight excluding hydrogens is 263 g/mol. The van der Waals surface area contributed by atoms with Gasteiger partial charge < -0.3 is 15.3 Å². The number of likely N-dealkylation sites (tertiary alicyclic amines) is 1. The summed E-state index contributed by atoms with van der Waals surface area (Å²) in [5, 5.41) is 12.2. The van der Waals surface area contributed by atoms with Crippen molar-refractivity contribution in [3.05, 3.63) is 29.6 Å². The van der Waals surface area contributed by atoms with Crippen LogP contribution in [0.25, 0.3) is 0 Å². The largest absolute Gasteiger partial charge is 0.507 e. The van der Waals surface area contributed by atoms with Crippen LogP contribution in [-0.4, -0.2) is 42.0 Å². The minimum absolute atomic E-state index is 0.0776. The number of hydrogen-bond acceptors (Lipinski definition) is 3. The van der Waals surface area contributed by atoms with Gasteiger partial charge in [-0.1, -0.05) is 0 Å². The molecule has 2 amide bonds. The standard InChI is InChI=1S/C14H17FN2O3/c1-14(13(20)16-2)5-6-17(8-14)12(19)10-7-9(15)3-4-11(10)18/h3-4,7,18H,5-6,8H2,1-2H3,(H,16,20). The number of halogens is 1. The highest BCUT2D eigenvalue weighted by Crippen LogP contribution is 2.32. The molecule has 2 rings (SSSR count). The zero-order chi connectivity index (χ0) is 14.9. The van der Waals surface area contributed by atoms with E-state index in [0.29, 0.717) is 13.0 Å². The van der Waals surface area contributed by atoms with E-state index in [1.807, 2.05) is 0 Å². The molecule has 1 aromatic rings. The molecule has 1 atom stereocenters. The Bertz CT molecular complexity index is 561. The Kier molecular flexibility index (Phi) is 3.65. The molecule has 1 aliphatic rings. The summed E-state index contributed by atoms with van der Waals surface area (Å²) in [5.74, 6) is -1.43. The van der Waals surface area contributed by atoms with Crippen LogP contribution >= 0.6 is 0 Å². The number of phenolic OH excluding ortho intramolecular Hbond substituents is 1. The van der Waals surface area contributed by atoms with Gasteiger partial charge in [0.15, 0.2) is 0 Å². The minimum Gasteiger partial charge on any atom is -0.507 e. The van der Waals surface area contributed by atoms with Crippen molar-refractivity contribution in [2.45, 2.75) is 13.3 Å². The lowest BCUT2D eigenvalue weighted by molar-refractivity contribution is -0.128. The van der Waals surface area contributed by atoms with Gasteiger partial charge in [-0.05, 0) is 31.5 Å². The monoisotopic (exact) mass is 280 g/mol. The van der Waals surface area contributed by atoms with Gasteiger partial charge >= 0.3 is 0 Å². The Labute approximate surface area is 116 Å². The Hall–Kier alpha value is -2.11. The highest BCUT2D eigenvalue weighted by Gasteiger charge is 2.42. The van der Waals surface area contributed by atoms with Crippen LogP contribution in [0.4, 0.5) is 4.39 Å². The van der Waals surface area contributed by atoms with Crippen LogP contribution in [0.2, 0.25) is 0 Å². The number of benzene rings is 1. The molecule has 0 spiro atoms. The van der Waals surface area contributed by atoms with Gasteiger partial charge in [-0.25, -0.2) is 4.39 Å². The molecule has 0 radical (unpaired) electrons. The summed E-state index contributed by atoms with van der Waals surface area (Å²) < 4.78 is 13.2. The first-order valence-electron chi connectivity index (χ1n) is 6.37. The topological polar surface area (TPSA) is 69.6 Å². The summed E-state index contributed by atoms with van der Waals surface area (Å²) in [5.41, 5.74) is -0.723. The van der Waals surface area contributed by atoms with E-state index >= 15 is 0 Å². The molecule has 1 fully saturated rings. The van der Waals surface area contributed by atoms with Crippen molar-refractivity contribution in [3.63, 3.8) is 0 Å². The van der Waals surface area contributed by atoms with E-state index in [1.54, 1.807) is 14.0 Å². The molecule has 0 aromatic heterocycles. The van der Waals surface area contributed by atoms with Crippen molar-refractivity contribution in [1.82, 2.24) is 10.2 Å². The van der Waals surface area contributed by atoms with Crippen LogP contribution in [0.1, 0.15) is 23.7 Å². The summed E-state index contributed by atoms with van der Waals surface area (Å²) in [7, 11) is 1.55. The number of nitrogens with zero attached hydrogens (tertiary/aromatic N) is 1. The predicted octanol–water partition coefficient (Wildman–Crippen LogP) is 1.13. The number of rotatable bonds is 2. The van der Waals surface area contributed by atoms with Crippen LogP contribution < -0.4 is 5.32 Å². The average molecular weight is 280 g/mol. The molecule has 0 aliphatic carbocycles. The number of aromatic hydroxyl groups is 1. The SMILES string of the molecule is CNC(=O)C1(C)CCN(C(=O)c2cc(F)ccc2O)C1. The zero-order valence-electron chi connectivity index (χ0n) is 11.4. The first-order chi connectivity index (χ1) is 9.37. The van der Waals surface area contributed by atoms with E-state index in [4.69, 9.17) is 0 Å². The number of carbonyl (C=O) groups is 2. The summed E-state index contributed by atoms with van der Waals surface area (Å²) in [4.78, 5) is 25.6. The summed E-state index contributed by atoms with van der Waals surface area (Å²) in [6.07, 6.45) is 0.536. The molecule has 1 saturated heterocycles. The lowest BCUT2D eigenvalue weighted by atomic mass is 9.89. The van der Waals surface area contributed by atoms with E-state index in [0.717, 1.165) is 18.2 Å². The number of phenols is 1. The first-order valence-corrected chi connectivity index (χ1v) is 6.37. The van der Waals surface area contributed by atoms with E-state index in [1.165, 1.54) is 4.90 Å². The normalized spacial score (nSPS) is 21.9. The molecule has 20 heavy (non-hydrogen) atoms. The van der Waals surface area contributed by atoms with E-state index in [9.17, 15) is 19.1 Å². The number of hydrogen-bond donors (Lipinski definition) is 2. The quantitative estimate of drug-likeness (QED) is 0.853. The van der Waals surface area contributed by atoms with Crippen molar-refractivity contribution in [1.29, 1.82) is 0 Å². The predicted molar refractivity (Wildman–Crippen MR) is 70.8 cm³/mol. The Balaban J connectivity index is 2.20. The Morgan fingerprint density at radius 1 is 1.45 bits per heavy atom. The first kappa shape index (κ1) is 14.3. The van der Waals surface area contributed by atoms with Gasteiger partial charge in [0.05, 0.1) is 11.0 Å². The molecule has 5 nitrogen and oxygen atoms in total. The molecule has 6 heteroatoms. The fourth-order valence-corrected chi connectivity index (χ4v) is 2.47. The summed E-state index contributed by atoms with van der Waals surface area (Å²) in [6, 6.07) is 3.24. The van der Waals surface area contributed by atoms with Crippen LogP contribution in [-0.2, 0) is 4.79 Å². The Morgan fingerprint density at radius 2 is 2.15 bits per heavy atom. The van der Waals surface area contributed by atoms with Crippen molar-refractivity contribution in [2.75, 3.05) is 20.1 Å². The summed E-state index contributed by atoms with van der Waals surface area (Å²) in [6.45, 7) is 2.44. The van der Waals surface area contributed by atoms with Crippen molar-refractivity contribution < 1.29 is 19.1 Å². The second kappa shape index (κ2) is 5.11. The highest BCUT2D eigenvalue weighted by molar-refractivity contribution is 5.97. The van der Waals surface area contributed by atoms with Gasteiger partial charge in [-0.3, -0.25) is 9.59 Å². The van der Waals surface area contributed by atoms with Gasteiger partial charge in [-0.15, -0.1) is 0 Å². The van der Waals surface area contributed by atoms with Gasteiger partial charge in [0.2, 0.25) is 5.91 Å². The maximum atomic E-state index is 13.2. The molecule has 1 heterocycles. The van der Waals surface area contributed by atoms with Crippen LogP contribution in [0.15, 0.2) is 18.2 Å². The summed E-state index contributed by atoms with van der Waals surface area (Å²) >= 11 is 0. The fourth-order valence-electron chi connectivity index (χ4n) is 2.47. The second-order valence-electron chi connectivity index (χ2n) is 5.28. The van der Waals surface area contributed by atoms with Gasteiger partial charge in [-0.2, -0.15) is 0 Å². The van der Waals surface area contributed by atoms with E-state index in [2.05, 4.69) is 5.32 Å². The lowest BCUT2D eigenvalue weighted by Crippen LogP contribution is -2.40. The van der Waals surface area contributed by atoms with Crippen molar-refractivity contribution in [2.24, 2.45) is 5.41 Å². The maximum absolute atomic E-state index is 13.2. The van der Waals surface area contributed by atoms with Crippen LogP contribution in [0.5, 0.6) is 5.75 Å². The molecule has 1 unspecified atom stereocenters. The third-order valence-electron chi connectivity index (χ3n) is 3.72.